The molecule has 0 aromatic carbocycles. The Balaban J connectivity index is 1.75. The highest BCUT2D eigenvalue weighted by atomic mass is 16.6. The number of rotatable bonds is 12. The second-order valence-corrected chi connectivity index (χ2v) is 8.99. The van der Waals surface area contributed by atoms with Crippen LogP contribution in [0.2, 0.25) is 0 Å². The minimum Gasteiger partial charge on any atom is -0.467 e. The highest BCUT2D eigenvalue weighted by Gasteiger charge is 2.46. The van der Waals surface area contributed by atoms with Crippen molar-refractivity contribution in [2.24, 2.45) is 29.6 Å². The Morgan fingerprint density at radius 1 is 1.29 bits per heavy atom. The summed E-state index contributed by atoms with van der Waals surface area (Å²) in [6.07, 6.45) is 11.7. The van der Waals surface area contributed by atoms with Gasteiger partial charge in [-0.05, 0) is 55.8 Å². The molecule has 2 rings (SSSR count). The average molecular weight is 397 g/mol. The lowest BCUT2D eigenvalue weighted by Crippen LogP contribution is -2.19. The fourth-order valence-corrected chi connectivity index (χ4v) is 5.16. The summed E-state index contributed by atoms with van der Waals surface area (Å²) in [5.41, 5.74) is 0. The fourth-order valence-electron chi connectivity index (χ4n) is 5.16. The van der Waals surface area contributed by atoms with Crippen LogP contribution in [0.4, 0.5) is 0 Å². The highest BCUT2D eigenvalue weighted by Crippen LogP contribution is 2.51. The molecule has 28 heavy (non-hydrogen) atoms. The quantitative estimate of drug-likeness (QED) is 0.299. The zero-order chi connectivity index (χ0) is 20.5. The van der Waals surface area contributed by atoms with Crippen LogP contribution in [0.1, 0.15) is 65.2 Å². The number of aliphatic hydroxyl groups is 2. The molecule has 0 amide bonds. The van der Waals surface area contributed by atoms with Gasteiger partial charge >= 0.3 is 5.97 Å². The molecule has 2 aliphatic carbocycles. The average Bonchev–Trinajstić information content (AvgIpc) is 3.18. The first kappa shape index (κ1) is 23.4. The van der Waals surface area contributed by atoms with E-state index in [-0.39, 0.29) is 24.6 Å². The molecule has 2 N–H and O–H groups in total. The molecule has 2 aliphatic rings. The van der Waals surface area contributed by atoms with E-state index in [1.807, 2.05) is 6.08 Å². The third-order valence-electron chi connectivity index (χ3n) is 6.70. The van der Waals surface area contributed by atoms with Gasteiger partial charge in [0.25, 0.3) is 0 Å². The molecule has 0 spiro atoms. The molecule has 0 bridgehead atoms. The van der Waals surface area contributed by atoms with Crippen LogP contribution in [0, 0.1) is 29.6 Å². The van der Waals surface area contributed by atoms with E-state index in [2.05, 4.69) is 24.7 Å². The first-order valence-corrected chi connectivity index (χ1v) is 11.1. The van der Waals surface area contributed by atoms with Crippen molar-refractivity contribution in [1.82, 2.24) is 0 Å². The van der Waals surface area contributed by atoms with Crippen molar-refractivity contribution in [3.05, 3.63) is 12.2 Å². The number of aliphatic hydroxyl groups excluding tert-OH is 2. The number of unbranched alkanes of at least 4 members (excludes halogenated alkanes) is 1. The Morgan fingerprint density at radius 2 is 2.07 bits per heavy atom. The third-order valence-corrected chi connectivity index (χ3v) is 6.70. The molecular weight excluding hydrogens is 356 g/mol. The minimum atomic E-state index is -0.415. The molecule has 0 aromatic rings. The minimum absolute atomic E-state index is 0.0225. The standard InChI is InChI=1S/C23H40O5/c1-4-5-6-16(2)11-19(24)7-8-20-21-13-17(12-18(21)14-22(20)25)9-10-28-15-23(26)27-3/h7-8,16-22,24-25H,4-6,9-15H2,1-3H3/b8-7+/t16-,17?,18+,19+,20-,21+,22-/m1/s1. The molecule has 7 atom stereocenters. The molecule has 1 unspecified atom stereocenters. The number of carbonyl (C=O) groups excluding carboxylic acids is 1. The van der Waals surface area contributed by atoms with Gasteiger partial charge < -0.3 is 19.7 Å². The second kappa shape index (κ2) is 11.9. The molecule has 5 nitrogen and oxygen atoms in total. The fraction of sp³-hybridized carbons (Fsp3) is 0.870. The van der Waals surface area contributed by atoms with Gasteiger partial charge in [-0.25, -0.2) is 4.79 Å². The predicted octanol–water partition coefficient (Wildman–Crippen LogP) is 3.72. The van der Waals surface area contributed by atoms with Crippen LogP contribution in [0.25, 0.3) is 0 Å². The maximum Gasteiger partial charge on any atom is 0.331 e. The lowest BCUT2D eigenvalue weighted by Gasteiger charge is -2.20. The smallest absolute Gasteiger partial charge is 0.331 e. The monoisotopic (exact) mass is 396 g/mol. The zero-order valence-electron chi connectivity index (χ0n) is 17.9. The number of carbonyl (C=O) groups is 1. The first-order chi connectivity index (χ1) is 13.4. The number of fused-ring (bicyclic) bond motifs is 1. The van der Waals surface area contributed by atoms with Gasteiger partial charge in [-0.2, -0.15) is 0 Å². The molecule has 0 heterocycles. The molecule has 0 aromatic heterocycles. The summed E-state index contributed by atoms with van der Waals surface area (Å²) in [5, 5.41) is 20.8. The van der Waals surface area contributed by atoms with E-state index in [4.69, 9.17) is 4.74 Å². The van der Waals surface area contributed by atoms with Crippen LogP contribution in [-0.4, -0.2) is 48.7 Å². The van der Waals surface area contributed by atoms with Gasteiger partial charge in [0.1, 0.15) is 6.61 Å². The van der Waals surface area contributed by atoms with E-state index >= 15 is 0 Å². The van der Waals surface area contributed by atoms with Crippen LogP contribution < -0.4 is 0 Å². The van der Waals surface area contributed by atoms with Crippen molar-refractivity contribution in [3.8, 4) is 0 Å². The maximum absolute atomic E-state index is 11.1. The zero-order valence-corrected chi connectivity index (χ0v) is 17.9. The van der Waals surface area contributed by atoms with Crippen LogP contribution in [0.15, 0.2) is 12.2 Å². The summed E-state index contributed by atoms with van der Waals surface area (Å²) in [5.74, 6) is 2.01. The van der Waals surface area contributed by atoms with E-state index in [0.29, 0.717) is 30.3 Å². The number of hydrogen-bond acceptors (Lipinski definition) is 5. The summed E-state index contributed by atoms with van der Waals surface area (Å²) >= 11 is 0. The van der Waals surface area contributed by atoms with Crippen LogP contribution >= 0.6 is 0 Å². The summed E-state index contributed by atoms with van der Waals surface area (Å²) in [6.45, 7) is 5.00. The maximum atomic E-state index is 11.1. The third kappa shape index (κ3) is 7.16. The van der Waals surface area contributed by atoms with Crippen LogP contribution in [0.3, 0.4) is 0 Å². The molecule has 0 saturated heterocycles. The molecule has 2 saturated carbocycles. The van der Waals surface area contributed by atoms with Gasteiger partial charge in [0.15, 0.2) is 0 Å². The van der Waals surface area contributed by atoms with Gasteiger partial charge in [0, 0.05) is 12.5 Å². The lowest BCUT2D eigenvalue weighted by atomic mass is 9.89. The second-order valence-electron chi connectivity index (χ2n) is 8.99. The Morgan fingerprint density at radius 3 is 2.79 bits per heavy atom. The SMILES string of the molecule is CCCC[C@@H](C)C[C@@H](O)/C=C/[C@@H]1[C@H]2CC(CCOCC(=O)OC)C[C@H]2C[C@H]1O. The molecule has 2 fully saturated rings. The Bertz CT molecular complexity index is 491. The van der Waals surface area contributed by atoms with E-state index in [1.165, 1.54) is 20.0 Å². The predicted molar refractivity (Wildman–Crippen MR) is 110 cm³/mol. The Labute approximate surface area is 170 Å². The normalized spacial score (nSPS) is 31.8. The van der Waals surface area contributed by atoms with Gasteiger partial charge in [0.05, 0.1) is 19.3 Å². The number of methoxy groups -OCH3 is 1. The van der Waals surface area contributed by atoms with E-state index in [0.717, 1.165) is 38.5 Å². The topological polar surface area (TPSA) is 76.0 Å². The van der Waals surface area contributed by atoms with Crippen molar-refractivity contribution >= 4 is 5.97 Å². The highest BCUT2D eigenvalue weighted by molar-refractivity contribution is 5.70. The van der Waals surface area contributed by atoms with Gasteiger partial charge in [-0.15, -0.1) is 0 Å². The van der Waals surface area contributed by atoms with Crippen molar-refractivity contribution in [2.45, 2.75) is 77.4 Å². The number of ether oxygens (including phenoxy) is 2. The molecule has 5 heteroatoms. The molecular formula is C23H40O5. The summed E-state index contributed by atoms with van der Waals surface area (Å²) in [7, 11) is 1.37. The van der Waals surface area contributed by atoms with Gasteiger partial charge in [-0.1, -0.05) is 45.3 Å². The molecule has 0 radical (unpaired) electrons. The van der Waals surface area contributed by atoms with E-state index in [9.17, 15) is 15.0 Å². The number of esters is 1. The first-order valence-electron chi connectivity index (χ1n) is 11.1. The van der Waals surface area contributed by atoms with Crippen molar-refractivity contribution in [1.29, 1.82) is 0 Å². The van der Waals surface area contributed by atoms with Crippen molar-refractivity contribution < 1.29 is 24.5 Å². The van der Waals surface area contributed by atoms with Gasteiger partial charge in [-0.3, -0.25) is 0 Å². The summed E-state index contributed by atoms with van der Waals surface area (Å²) in [6, 6.07) is 0. The van der Waals surface area contributed by atoms with Gasteiger partial charge in [0.2, 0.25) is 0 Å². The Hall–Kier alpha value is -0.910. The van der Waals surface area contributed by atoms with Crippen molar-refractivity contribution in [3.63, 3.8) is 0 Å². The van der Waals surface area contributed by atoms with Crippen molar-refractivity contribution in [2.75, 3.05) is 20.3 Å². The van der Waals surface area contributed by atoms with E-state index in [1.54, 1.807) is 0 Å². The van der Waals surface area contributed by atoms with Crippen LogP contribution in [-0.2, 0) is 14.3 Å². The lowest BCUT2D eigenvalue weighted by molar-refractivity contribution is -0.146. The Kier molecular flexibility index (Phi) is 9.96. The summed E-state index contributed by atoms with van der Waals surface area (Å²) in [4.78, 5) is 11.1. The number of hydrogen-bond donors (Lipinski definition) is 2. The van der Waals surface area contributed by atoms with E-state index < -0.39 is 6.10 Å². The molecule has 0 aliphatic heterocycles. The molecule has 162 valence electrons. The largest absolute Gasteiger partial charge is 0.467 e. The summed E-state index contributed by atoms with van der Waals surface area (Å²) < 4.78 is 9.97. The van der Waals surface area contributed by atoms with Crippen LogP contribution in [0.5, 0.6) is 0 Å².